The molecule has 1 aromatic heterocycles. The van der Waals surface area contributed by atoms with E-state index < -0.39 is 0 Å². The van der Waals surface area contributed by atoms with Crippen molar-refractivity contribution < 1.29 is 0 Å². The SMILES string of the molecule is CC1CCc2cccc3nc(C4CCN(C)CC4)n1c23. The molecule has 20 heavy (non-hydrogen) atoms. The summed E-state index contributed by atoms with van der Waals surface area (Å²) in [6.45, 7) is 4.76. The second-order valence-corrected chi connectivity index (χ2v) is 6.59. The van der Waals surface area contributed by atoms with Gasteiger partial charge in [0, 0.05) is 12.0 Å². The lowest BCUT2D eigenvalue weighted by molar-refractivity contribution is 0.247. The average Bonchev–Trinajstić information content (AvgIpc) is 2.85. The Kier molecular flexibility index (Phi) is 2.84. The van der Waals surface area contributed by atoms with Crippen LogP contribution in [-0.2, 0) is 6.42 Å². The highest BCUT2D eigenvalue weighted by Gasteiger charge is 2.28. The topological polar surface area (TPSA) is 21.1 Å². The van der Waals surface area contributed by atoms with Gasteiger partial charge in [0.05, 0.1) is 11.0 Å². The number of aromatic nitrogens is 2. The van der Waals surface area contributed by atoms with Crippen LogP contribution in [0.4, 0.5) is 0 Å². The van der Waals surface area contributed by atoms with Gasteiger partial charge in [-0.25, -0.2) is 4.98 Å². The van der Waals surface area contributed by atoms with Gasteiger partial charge in [0.2, 0.25) is 0 Å². The largest absolute Gasteiger partial charge is 0.325 e. The number of aryl methyl sites for hydroxylation is 1. The predicted molar refractivity (Wildman–Crippen MR) is 82.2 cm³/mol. The number of hydrogen-bond acceptors (Lipinski definition) is 2. The fourth-order valence-corrected chi connectivity index (χ4v) is 3.93. The van der Waals surface area contributed by atoms with Gasteiger partial charge in [-0.05, 0) is 64.4 Å². The van der Waals surface area contributed by atoms with Crippen LogP contribution >= 0.6 is 0 Å². The monoisotopic (exact) mass is 269 g/mol. The van der Waals surface area contributed by atoms with E-state index in [9.17, 15) is 0 Å². The number of para-hydroxylation sites is 1. The van der Waals surface area contributed by atoms with Crippen LogP contribution in [0.3, 0.4) is 0 Å². The molecule has 0 radical (unpaired) electrons. The highest BCUT2D eigenvalue weighted by atomic mass is 15.1. The van der Waals surface area contributed by atoms with Gasteiger partial charge in [-0.3, -0.25) is 0 Å². The van der Waals surface area contributed by atoms with Gasteiger partial charge in [0.25, 0.3) is 0 Å². The molecule has 1 atom stereocenters. The molecule has 4 rings (SSSR count). The summed E-state index contributed by atoms with van der Waals surface area (Å²) in [5.74, 6) is 2.00. The summed E-state index contributed by atoms with van der Waals surface area (Å²) in [6, 6.07) is 7.24. The van der Waals surface area contributed by atoms with Crippen LogP contribution < -0.4 is 0 Å². The zero-order valence-electron chi connectivity index (χ0n) is 12.5. The standard InChI is InChI=1S/C17H23N3/c1-12-6-7-13-4-3-5-15-16(13)20(12)17(18-15)14-8-10-19(2)11-9-14/h3-5,12,14H,6-11H2,1-2H3. The Hall–Kier alpha value is -1.35. The summed E-state index contributed by atoms with van der Waals surface area (Å²) in [5.41, 5.74) is 4.12. The molecule has 3 heterocycles. The molecule has 2 aliphatic heterocycles. The molecule has 0 saturated carbocycles. The number of likely N-dealkylation sites (tertiary alicyclic amines) is 1. The summed E-state index contributed by atoms with van der Waals surface area (Å²) >= 11 is 0. The minimum Gasteiger partial charge on any atom is -0.325 e. The molecule has 3 heteroatoms. The van der Waals surface area contributed by atoms with E-state index in [1.165, 1.54) is 61.2 Å². The van der Waals surface area contributed by atoms with Crippen molar-refractivity contribution in [2.45, 2.75) is 44.6 Å². The molecular weight excluding hydrogens is 246 g/mol. The average molecular weight is 269 g/mol. The maximum Gasteiger partial charge on any atom is 0.113 e. The smallest absolute Gasteiger partial charge is 0.113 e. The zero-order chi connectivity index (χ0) is 13.7. The van der Waals surface area contributed by atoms with E-state index in [-0.39, 0.29) is 0 Å². The second-order valence-electron chi connectivity index (χ2n) is 6.59. The summed E-state index contributed by atoms with van der Waals surface area (Å²) in [7, 11) is 2.23. The van der Waals surface area contributed by atoms with Crippen LogP contribution in [0.25, 0.3) is 11.0 Å². The number of nitrogens with zero attached hydrogens (tertiary/aromatic N) is 3. The fraction of sp³-hybridized carbons (Fsp3) is 0.588. The third-order valence-corrected chi connectivity index (χ3v) is 5.18. The van der Waals surface area contributed by atoms with E-state index in [1.54, 1.807) is 0 Å². The van der Waals surface area contributed by atoms with Crippen LogP contribution in [-0.4, -0.2) is 34.6 Å². The Balaban J connectivity index is 1.84. The van der Waals surface area contributed by atoms with Crippen LogP contribution in [0.5, 0.6) is 0 Å². The van der Waals surface area contributed by atoms with E-state index in [4.69, 9.17) is 4.98 Å². The van der Waals surface area contributed by atoms with Crippen molar-refractivity contribution in [3.8, 4) is 0 Å². The van der Waals surface area contributed by atoms with Gasteiger partial charge in [-0.2, -0.15) is 0 Å². The van der Waals surface area contributed by atoms with Crippen LogP contribution in [0, 0.1) is 0 Å². The number of piperidine rings is 1. The number of benzene rings is 1. The van der Waals surface area contributed by atoms with E-state index in [1.807, 2.05) is 0 Å². The van der Waals surface area contributed by atoms with E-state index >= 15 is 0 Å². The Morgan fingerprint density at radius 1 is 1.15 bits per heavy atom. The molecule has 0 spiro atoms. The van der Waals surface area contributed by atoms with Crippen LogP contribution in [0.2, 0.25) is 0 Å². The van der Waals surface area contributed by atoms with Gasteiger partial charge < -0.3 is 9.47 Å². The normalized spacial score (nSPS) is 24.4. The van der Waals surface area contributed by atoms with Crippen molar-refractivity contribution in [3.63, 3.8) is 0 Å². The van der Waals surface area contributed by atoms with E-state index in [0.29, 0.717) is 12.0 Å². The summed E-state index contributed by atoms with van der Waals surface area (Å²) in [4.78, 5) is 7.46. The molecule has 2 aromatic rings. The van der Waals surface area contributed by atoms with Gasteiger partial charge in [-0.15, -0.1) is 0 Å². The van der Waals surface area contributed by atoms with Crippen molar-refractivity contribution in [2.75, 3.05) is 20.1 Å². The predicted octanol–water partition coefficient (Wildman–Crippen LogP) is 3.35. The Morgan fingerprint density at radius 2 is 1.95 bits per heavy atom. The second kappa shape index (κ2) is 4.59. The van der Waals surface area contributed by atoms with Crippen LogP contribution in [0.1, 0.15) is 49.5 Å². The molecule has 0 bridgehead atoms. The molecule has 0 amide bonds. The van der Waals surface area contributed by atoms with Crippen molar-refractivity contribution in [2.24, 2.45) is 0 Å². The van der Waals surface area contributed by atoms with Crippen LogP contribution in [0.15, 0.2) is 18.2 Å². The molecule has 1 saturated heterocycles. The number of imidazole rings is 1. The van der Waals surface area contributed by atoms with Crippen molar-refractivity contribution in [1.29, 1.82) is 0 Å². The van der Waals surface area contributed by atoms with Gasteiger partial charge in [0.15, 0.2) is 0 Å². The van der Waals surface area contributed by atoms with E-state index in [2.05, 4.69) is 41.6 Å². The highest BCUT2D eigenvalue weighted by molar-refractivity contribution is 5.80. The van der Waals surface area contributed by atoms with Gasteiger partial charge in [0.1, 0.15) is 5.82 Å². The number of hydrogen-bond donors (Lipinski definition) is 0. The molecular formula is C17H23N3. The lowest BCUT2D eigenvalue weighted by Gasteiger charge is -2.31. The summed E-state index contributed by atoms with van der Waals surface area (Å²) in [6.07, 6.45) is 4.96. The zero-order valence-corrected chi connectivity index (χ0v) is 12.5. The maximum absolute atomic E-state index is 5.03. The first-order valence-electron chi connectivity index (χ1n) is 7.92. The molecule has 1 fully saturated rings. The van der Waals surface area contributed by atoms with Crippen molar-refractivity contribution in [3.05, 3.63) is 29.6 Å². The molecule has 106 valence electrons. The van der Waals surface area contributed by atoms with Gasteiger partial charge in [-0.1, -0.05) is 12.1 Å². The summed E-state index contributed by atoms with van der Waals surface area (Å²) in [5, 5.41) is 0. The fourth-order valence-electron chi connectivity index (χ4n) is 3.93. The molecule has 0 aliphatic carbocycles. The third kappa shape index (κ3) is 1.80. The third-order valence-electron chi connectivity index (χ3n) is 5.18. The molecule has 1 unspecified atom stereocenters. The molecule has 3 nitrogen and oxygen atoms in total. The first-order chi connectivity index (χ1) is 9.74. The highest BCUT2D eigenvalue weighted by Crippen LogP contribution is 2.37. The Morgan fingerprint density at radius 3 is 2.75 bits per heavy atom. The van der Waals surface area contributed by atoms with Gasteiger partial charge >= 0.3 is 0 Å². The minimum atomic E-state index is 0.601. The maximum atomic E-state index is 5.03. The quantitative estimate of drug-likeness (QED) is 0.791. The van der Waals surface area contributed by atoms with Crippen molar-refractivity contribution >= 4 is 11.0 Å². The Bertz CT molecular complexity index is 635. The molecule has 2 aliphatic rings. The lowest BCUT2D eigenvalue weighted by atomic mass is 9.94. The number of rotatable bonds is 1. The lowest BCUT2D eigenvalue weighted by Crippen LogP contribution is -2.31. The summed E-state index contributed by atoms with van der Waals surface area (Å²) < 4.78 is 2.56. The first-order valence-corrected chi connectivity index (χ1v) is 7.92. The molecule has 1 aromatic carbocycles. The minimum absolute atomic E-state index is 0.601. The molecule has 0 N–H and O–H groups in total. The van der Waals surface area contributed by atoms with Crippen molar-refractivity contribution in [1.82, 2.24) is 14.5 Å². The Labute approximate surface area is 120 Å². The first kappa shape index (κ1) is 12.4. The van der Waals surface area contributed by atoms with E-state index in [0.717, 1.165) is 0 Å².